The van der Waals surface area contributed by atoms with Crippen molar-refractivity contribution in [3.8, 4) is 0 Å². The van der Waals surface area contributed by atoms with Crippen LogP contribution in [0.15, 0.2) is 24.3 Å². The third kappa shape index (κ3) is 3.24. The van der Waals surface area contributed by atoms with Gasteiger partial charge in [0.05, 0.1) is 16.6 Å². The Labute approximate surface area is 139 Å². The first-order chi connectivity index (χ1) is 10.7. The van der Waals surface area contributed by atoms with E-state index in [1.807, 2.05) is 17.0 Å². The summed E-state index contributed by atoms with van der Waals surface area (Å²) in [6.07, 6.45) is 0. The molecule has 0 saturated carbocycles. The zero-order valence-electron chi connectivity index (χ0n) is 12.1. The van der Waals surface area contributed by atoms with Crippen molar-refractivity contribution in [3.63, 3.8) is 0 Å². The van der Waals surface area contributed by atoms with Crippen LogP contribution in [-0.4, -0.2) is 65.5 Å². The van der Waals surface area contributed by atoms with Crippen molar-refractivity contribution < 1.29 is 9.59 Å². The van der Waals surface area contributed by atoms with Crippen LogP contribution in [0.2, 0.25) is 5.02 Å². The molecule has 0 radical (unpaired) electrons. The fraction of sp³-hybridized carbons (Fsp3) is 0.467. The quantitative estimate of drug-likeness (QED) is 0.882. The first-order valence-corrected chi connectivity index (χ1v) is 8.84. The molecular formula is C15H18ClN3O2S. The maximum atomic E-state index is 12.5. The zero-order chi connectivity index (χ0) is 15.5. The molecule has 118 valence electrons. The Morgan fingerprint density at radius 1 is 1.14 bits per heavy atom. The van der Waals surface area contributed by atoms with Gasteiger partial charge in [-0.3, -0.25) is 14.9 Å². The second-order valence-corrected chi connectivity index (χ2v) is 6.81. The summed E-state index contributed by atoms with van der Waals surface area (Å²) in [5.74, 6) is 1.75. The number of benzene rings is 1. The van der Waals surface area contributed by atoms with Gasteiger partial charge in [-0.1, -0.05) is 23.7 Å². The summed E-state index contributed by atoms with van der Waals surface area (Å²) in [7, 11) is 0. The lowest BCUT2D eigenvalue weighted by molar-refractivity contribution is -0.134. The summed E-state index contributed by atoms with van der Waals surface area (Å²) in [6.45, 7) is 2.26. The molecule has 2 saturated heterocycles. The SMILES string of the molecule is O=C(c1ccccc1Cl)N1CCN(C(=O)C2CSCN2)CC1. The predicted octanol–water partition coefficient (Wildman–Crippen LogP) is 1.29. The summed E-state index contributed by atoms with van der Waals surface area (Å²) >= 11 is 7.82. The molecule has 0 aliphatic carbocycles. The van der Waals surface area contributed by atoms with Gasteiger partial charge in [0.2, 0.25) is 5.91 Å². The molecule has 1 atom stereocenters. The predicted molar refractivity (Wildman–Crippen MR) is 88.2 cm³/mol. The number of hydrogen-bond donors (Lipinski definition) is 1. The number of nitrogens with zero attached hydrogens (tertiary/aromatic N) is 2. The van der Waals surface area contributed by atoms with Gasteiger partial charge in [0.15, 0.2) is 0 Å². The average Bonchev–Trinajstić information content (AvgIpc) is 3.09. The Morgan fingerprint density at radius 2 is 1.82 bits per heavy atom. The zero-order valence-corrected chi connectivity index (χ0v) is 13.7. The molecule has 2 aliphatic rings. The maximum Gasteiger partial charge on any atom is 0.255 e. The van der Waals surface area contributed by atoms with Crippen molar-refractivity contribution in [2.75, 3.05) is 37.8 Å². The molecule has 0 spiro atoms. The molecule has 2 aliphatic heterocycles. The van der Waals surface area contributed by atoms with Gasteiger partial charge in [-0.05, 0) is 12.1 Å². The van der Waals surface area contributed by atoms with Gasteiger partial charge < -0.3 is 9.80 Å². The van der Waals surface area contributed by atoms with Crippen molar-refractivity contribution in [2.45, 2.75) is 6.04 Å². The van der Waals surface area contributed by atoms with Crippen LogP contribution in [0.1, 0.15) is 10.4 Å². The molecule has 7 heteroatoms. The van der Waals surface area contributed by atoms with E-state index < -0.39 is 0 Å². The second-order valence-electron chi connectivity index (χ2n) is 5.37. The summed E-state index contributed by atoms with van der Waals surface area (Å²) in [5.41, 5.74) is 0.526. The summed E-state index contributed by atoms with van der Waals surface area (Å²) in [4.78, 5) is 28.4. The van der Waals surface area contributed by atoms with Crippen molar-refractivity contribution >= 4 is 35.2 Å². The molecule has 2 fully saturated rings. The van der Waals surface area contributed by atoms with Gasteiger partial charge in [0.1, 0.15) is 0 Å². The van der Waals surface area contributed by atoms with Gasteiger partial charge in [-0.15, -0.1) is 11.8 Å². The van der Waals surface area contributed by atoms with E-state index in [-0.39, 0.29) is 17.9 Å². The average molecular weight is 340 g/mol. The minimum Gasteiger partial charge on any atom is -0.338 e. The van der Waals surface area contributed by atoms with Crippen LogP contribution in [0.25, 0.3) is 0 Å². The molecule has 22 heavy (non-hydrogen) atoms. The Morgan fingerprint density at radius 3 is 2.45 bits per heavy atom. The number of nitrogens with one attached hydrogen (secondary N) is 1. The molecule has 1 N–H and O–H groups in total. The monoisotopic (exact) mass is 339 g/mol. The summed E-state index contributed by atoms with van der Waals surface area (Å²) < 4.78 is 0. The number of carbonyl (C=O) groups is 2. The Hall–Kier alpha value is -1.24. The van der Waals surface area contributed by atoms with E-state index in [4.69, 9.17) is 11.6 Å². The lowest BCUT2D eigenvalue weighted by Gasteiger charge is -2.36. The van der Waals surface area contributed by atoms with Crippen LogP contribution in [-0.2, 0) is 4.79 Å². The Kier molecular flexibility index (Phi) is 4.90. The highest BCUT2D eigenvalue weighted by molar-refractivity contribution is 7.99. The molecule has 0 aromatic heterocycles. The van der Waals surface area contributed by atoms with Crippen molar-refractivity contribution in [1.82, 2.24) is 15.1 Å². The van der Waals surface area contributed by atoms with Gasteiger partial charge >= 0.3 is 0 Å². The molecule has 2 heterocycles. The summed E-state index contributed by atoms with van der Waals surface area (Å²) in [6, 6.07) is 7.00. The highest BCUT2D eigenvalue weighted by Crippen LogP contribution is 2.19. The maximum absolute atomic E-state index is 12.5. The van der Waals surface area contributed by atoms with Gasteiger partial charge in [-0.2, -0.15) is 0 Å². The molecule has 5 nitrogen and oxygen atoms in total. The van der Waals surface area contributed by atoms with Gasteiger partial charge in [0.25, 0.3) is 5.91 Å². The highest BCUT2D eigenvalue weighted by Gasteiger charge is 2.31. The first kappa shape index (κ1) is 15.6. The smallest absolute Gasteiger partial charge is 0.255 e. The van der Waals surface area contributed by atoms with Crippen LogP contribution >= 0.6 is 23.4 Å². The Balaban J connectivity index is 1.58. The topological polar surface area (TPSA) is 52.7 Å². The number of piperazine rings is 1. The van der Waals surface area contributed by atoms with Crippen LogP contribution in [0, 0.1) is 0 Å². The van der Waals surface area contributed by atoms with Crippen LogP contribution in [0.5, 0.6) is 0 Å². The largest absolute Gasteiger partial charge is 0.338 e. The molecule has 2 amide bonds. The molecule has 0 bridgehead atoms. The van der Waals surface area contributed by atoms with Crippen LogP contribution in [0.3, 0.4) is 0 Å². The van der Waals surface area contributed by atoms with Crippen molar-refractivity contribution in [3.05, 3.63) is 34.9 Å². The van der Waals surface area contributed by atoms with Crippen molar-refractivity contribution in [1.29, 1.82) is 0 Å². The molecule has 1 aromatic rings. The van der Waals surface area contributed by atoms with E-state index >= 15 is 0 Å². The number of thioether (sulfide) groups is 1. The van der Waals surface area contributed by atoms with E-state index in [9.17, 15) is 9.59 Å². The van der Waals surface area contributed by atoms with Crippen molar-refractivity contribution in [2.24, 2.45) is 0 Å². The normalized spacial score (nSPS) is 22.0. The van der Waals surface area contributed by atoms with Crippen LogP contribution < -0.4 is 5.32 Å². The van der Waals surface area contributed by atoms with E-state index in [2.05, 4.69) is 5.32 Å². The van der Waals surface area contributed by atoms with E-state index in [0.29, 0.717) is 36.8 Å². The third-order valence-corrected chi connectivity index (χ3v) is 5.27. The number of rotatable bonds is 2. The fourth-order valence-corrected chi connectivity index (χ4v) is 3.86. The molecule has 1 aromatic carbocycles. The molecule has 3 rings (SSSR count). The number of halogens is 1. The fourth-order valence-electron chi connectivity index (χ4n) is 2.71. The summed E-state index contributed by atoms with van der Waals surface area (Å²) in [5, 5.41) is 3.67. The minimum atomic E-state index is -0.0733. The van der Waals surface area contributed by atoms with Gasteiger partial charge in [0, 0.05) is 37.8 Å². The number of carbonyl (C=O) groups excluding carboxylic acids is 2. The lowest BCUT2D eigenvalue weighted by Crippen LogP contribution is -2.54. The third-order valence-electron chi connectivity index (χ3n) is 4.00. The van der Waals surface area contributed by atoms with Gasteiger partial charge in [-0.25, -0.2) is 0 Å². The van der Waals surface area contributed by atoms with E-state index in [0.717, 1.165) is 11.6 Å². The second kappa shape index (κ2) is 6.89. The lowest BCUT2D eigenvalue weighted by atomic mass is 10.1. The number of hydrogen-bond acceptors (Lipinski definition) is 4. The molecule has 1 unspecified atom stereocenters. The van der Waals surface area contributed by atoms with Crippen LogP contribution in [0.4, 0.5) is 0 Å². The van der Waals surface area contributed by atoms with E-state index in [1.54, 1.807) is 28.8 Å². The van der Waals surface area contributed by atoms with E-state index in [1.165, 1.54) is 0 Å². The number of amides is 2. The molecular weight excluding hydrogens is 322 g/mol. The standard InChI is InChI=1S/C15H18ClN3O2S/c16-12-4-2-1-3-11(12)14(20)18-5-7-19(8-6-18)15(21)13-9-22-10-17-13/h1-4,13,17H,5-10H2. The highest BCUT2D eigenvalue weighted by atomic mass is 35.5. The first-order valence-electron chi connectivity index (χ1n) is 7.30. The minimum absolute atomic E-state index is 0.0627. The Bertz CT molecular complexity index is 570.